The molecule has 5 nitrogen and oxygen atoms in total. The Hall–Kier alpha value is 0.233. The normalized spacial score (nSPS) is 4.11. The van der Waals surface area contributed by atoms with Crippen LogP contribution in [0.2, 0.25) is 0 Å². The van der Waals surface area contributed by atoms with Crippen LogP contribution in [0.4, 0.5) is 0 Å². The molecule has 0 aliphatic rings. The first-order valence-corrected chi connectivity index (χ1v) is 1.49. The van der Waals surface area contributed by atoms with E-state index in [1.54, 1.807) is 6.92 Å². The van der Waals surface area contributed by atoms with Gasteiger partial charge in [-0.1, -0.05) is 6.92 Å². The number of carboxylic acid groups (broad SMARTS) is 1. The number of hydrogen-bond acceptors (Lipinski definition) is 1. The summed E-state index contributed by atoms with van der Waals surface area (Å²) in [4.78, 5) is 9.37. The van der Waals surface area contributed by atoms with E-state index < -0.39 is 5.97 Å². The van der Waals surface area contributed by atoms with Crippen LogP contribution in [0.15, 0.2) is 0 Å². The van der Waals surface area contributed by atoms with Crippen LogP contribution in [0.1, 0.15) is 13.3 Å². The number of aliphatic carboxylic acids is 1. The van der Waals surface area contributed by atoms with Gasteiger partial charge in [-0.15, -0.1) is 0 Å². The first-order chi connectivity index (χ1) is 2.27. The average Bonchev–Trinajstić information content (AvgIpc) is 1.38. The molecule has 0 fully saturated rings. The van der Waals surface area contributed by atoms with Crippen LogP contribution in [-0.2, 0) is 31.0 Å². The van der Waals surface area contributed by atoms with Crippen molar-refractivity contribution in [3.8, 4) is 0 Å². The summed E-state index contributed by atoms with van der Waals surface area (Å²) in [5.74, 6) is -0.745. The molecule has 0 amide bonds. The first-order valence-electron chi connectivity index (χ1n) is 1.49. The van der Waals surface area contributed by atoms with Crippen molar-refractivity contribution in [3.05, 3.63) is 0 Å². The largest absolute Gasteiger partial charge is 0.481 e. The molecule has 6 heteroatoms. The van der Waals surface area contributed by atoms with Gasteiger partial charge < -0.3 is 21.5 Å². The zero-order valence-corrected chi connectivity index (χ0v) is 7.52. The Kier molecular flexibility index (Phi) is 93.3. The van der Waals surface area contributed by atoms with Gasteiger partial charge in [-0.25, -0.2) is 0 Å². The zero-order chi connectivity index (χ0) is 4.28. The number of carbonyl (C=O) groups is 1. The maximum atomic E-state index is 9.37. The molecule has 9 heavy (non-hydrogen) atoms. The fraction of sp³-hybridized carbons (Fsp3) is 0.667. The minimum Gasteiger partial charge on any atom is -0.481 e. The minimum atomic E-state index is -0.745. The molecule has 58 valence electrons. The fourth-order valence-electron chi connectivity index (χ4n) is 0. The molecular weight excluding hydrogens is 207 g/mol. The van der Waals surface area contributed by atoms with Gasteiger partial charge in [0.05, 0.1) is 0 Å². The van der Waals surface area contributed by atoms with E-state index in [1.165, 1.54) is 0 Å². The Labute approximate surface area is 72.1 Å². The molecule has 0 aliphatic carbocycles. The van der Waals surface area contributed by atoms with Crippen molar-refractivity contribution in [2.24, 2.45) is 0 Å². The van der Waals surface area contributed by atoms with Crippen LogP contribution in [0.3, 0.4) is 0 Å². The second kappa shape index (κ2) is 24.0. The monoisotopic (exact) mass is 218 g/mol. The Balaban J connectivity index is -0.0000000133. The van der Waals surface area contributed by atoms with E-state index in [0.717, 1.165) is 0 Å². The van der Waals surface area contributed by atoms with E-state index in [2.05, 4.69) is 0 Å². The van der Waals surface area contributed by atoms with E-state index in [0.29, 0.717) is 0 Å². The Morgan fingerprint density at radius 3 is 1.44 bits per heavy atom. The predicted octanol–water partition coefficient (Wildman–Crippen LogP) is -2.00. The van der Waals surface area contributed by atoms with Crippen LogP contribution >= 0.6 is 0 Å². The summed E-state index contributed by atoms with van der Waals surface area (Å²) in [6.07, 6.45) is 0.222. The molecule has 0 spiro atoms. The molecule has 0 heterocycles. The number of hydrogen-bond donors (Lipinski definition) is 1. The van der Waals surface area contributed by atoms with Crippen LogP contribution in [-0.4, -0.2) is 27.5 Å². The van der Waals surface area contributed by atoms with Crippen molar-refractivity contribution in [1.82, 2.24) is 0 Å². The number of carboxylic acids is 1. The molecule has 0 aromatic rings. The Morgan fingerprint density at radius 2 is 1.44 bits per heavy atom. The van der Waals surface area contributed by atoms with Gasteiger partial charge in [0.1, 0.15) is 0 Å². The first kappa shape index (κ1) is 34.9. The third kappa shape index (κ3) is 64.1. The van der Waals surface area contributed by atoms with Gasteiger partial charge in [-0.05, 0) is 0 Å². The standard InChI is InChI=1S/C3H6O2.3H2O.Zr/c1-2-3(4)5;;;;/h2H2,1H3,(H,4,5);3*1H2;. The summed E-state index contributed by atoms with van der Waals surface area (Å²) in [5, 5.41) is 7.72. The second-order valence-corrected chi connectivity index (χ2v) is 0.747. The predicted molar refractivity (Wildman–Crippen MR) is 28.8 cm³/mol. The van der Waals surface area contributed by atoms with E-state index in [4.69, 9.17) is 5.11 Å². The Bertz CT molecular complexity index is 47.5. The molecule has 0 unspecified atom stereocenters. The van der Waals surface area contributed by atoms with E-state index in [-0.39, 0.29) is 49.1 Å². The van der Waals surface area contributed by atoms with E-state index in [1.807, 2.05) is 0 Å². The average molecular weight is 219 g/mol. The van der Waals surface area contributed by atoms with Crippen molar-refractivity contribution >= 4 is 5.97 Å². The van der Waals surface area contributed by atoms with E-state index >= 15 is 0 Å². The summed E-state index contributed by atoms with van der Waals surface area (Å²) in [5.41, 5.74) is 0. The van der Waals surface area contributed by atoms with Crippen molar-refractivity contribution in [2.45, 2.75) is 13.3 Å². The molecular formula is C3H12O5Zr. The molecule has 0 rings (SSSR count). The summed E-state index contributed by atoms with van der Waals surface area (Å²) in [6.45, 7) is 1.60. The van der Waals surface area contributed by atoms with Crippen molar-refractivity contribution in [1.29, 1.82) is 0 Å². The van der Waals surface area contributed by atoms with Gasteiger partial charge >= 0.3 is 5.97 Å². The molecule has 7 N–H and O–H groups in total. The molecule has 0 atom stereocenters. The van der Waals surface area contributed by atoms with Crippen molar-refractivity contribution in [3.63, 3.8) is 0 Å². The molecule has 0 aromatic heterocycles. The maximum Gasteiger partial charge on any atom is 0.303 e. The van der Waals surface area contributed by atoms with Crippen LogP contribution < -0.4 is 0 Å². The van der Waals surface area contributed by atoms with Crippen molar-refractivity contribution < 1.29 is 52.5 Å². The fourth-order valence-corrected chi connectivity index (χ4v) is 0. The molecule has 0 saturated heterocycles. The third-order valence-electron chi connectivity index (χ3n) is 0.302. The summed E-state index contributed by atoms with van der Waals surface area (Å²) in [6, 6.07) is 0. The van der Waals surface area contributed by atoms with Gasteiger partial charge in [0.15, 0.2) is 0 Å². The molecule has 0 radical (unpaired) electrons. The molecule has 0 saturated carbocycles. The van der Waals surface area contributed by atoms with Crippen LogP contribution in [0.25, 0.3) is 0 Å². The second-order valence-electron chi connectivity index (χ2n) is 0.747. The minimum absolute atomic E-state index is 0. The smallest absolute Gasteiger partial charge is 0.303 e. The molecule has 0 aliphatic heterocycles. The quantitative estimate of drug-likeness (QED) is 0.546. The van der Waals surface area contributed by atoms with Gasteiger partial charge in [0.25, 0.3) is 0 Å². The van der Waals surface area contributed by atoms with Crippen molar-refractivity contribution in [2.75, 3.05) is 0 Å². The SMILES string of the molecule is CCC(=O)O.O.O.O.[Zr]. The number of rotatable bonds is 1. The zero-order valence-electron chi connectivity index (χ0n) is 5.06. The van der Waals surface area contributed by atoms with Gasteiger partial charge in [-0.2, -0.15) is 0 Å². The van der Waals surface area contributed by atoms with Gasteiger partial charge in [-0.3, -0.25) is 4.79 Å². The Morgan fingerprint density at radius 1 is 1.33 bits per heavy atom. The van der Waals surface area contributed by atoms with E-state index in [9.17, 15) is 4.79 Å². The molecule has 0 aromatic carbocycles. The summed E-state index contributed by atoms with van der Waals surface area (Å²) in [7, 11) is 0. The van der Waals surface area contributed by atoms with Crippen LogP contribution in [0, 0.1) is 0 Å². The maximum absolute atomic E-state index is 9.37. The topological polar surface area (TPSA) is 132 Å². The van der Waals surface area contributed by atoms with Gasteiger partial charge in [0, 0.05) is 32.6 Å². The van der Waals surface area contributed by atoms with Crippen LogP contribution in [0.5, 0.6) is 0 Å². The summed E-state index contributed by atoms with van der Waals surface area (Å²) < 4.78 is 0. The molecule has 0 bridgehead atoms. The van der Waals surface area contributed by atoms with Gasteiger partial charge in [0.2, 0.25) is 0 Å². The summed E-state index contributed by atoms with van der Waals surface area (Å²) >= 11 is 0. The third-order valence-corrected chi connectivity index (χ3v) is 0.302.